The third-order valence-electron chi connectivity index (χ3n) is 5.16. The molecular formula is C20H21ClN4O5S. The fourth-order valence-electron chi connectivity index (χ4n) is 3.39. The van der Waals surface area contributed by atoms with E-state index in [0.29, 0.717) is 22.1 Å². The lowest BCUT2D eigenvalue weighted by molar-refractivity contribution is -0.122. The van der Waals surface area contributed by atoms with Crippen molar-refractivity contribution in [3.63, 3.8) is 0 Å². The van der Waals surface area contributed by atoms with Crippen LogP contribution in [0.4, 0.5) is 16.2 Å². The molecule has 2 aliphatic rings. The highest BCUT2D eigenvalue weighted by Crippen LogP contribution is 2.33. The molecule has 11 heteroatoms. The molecule has 0 bridgehead atoms. The van der Waals surface area contributed by atoms with E-state index in [0.717, 1.165) is 0 Å². The van der Waals surface area contributed by atoms with E-state index in [1.165, 1.54) is 27.4 Å². The Balaban J connectivity index is 1.42. The lowest BCUT2D eigenvalue weighted by atomic mass is 10.2. The number of carbonyl (C=O) groups is 2. The van der Waals surface area contributed by atoms with Crippen molar-refractivity contribution in [2.75, 3.05) is 36.8 Å². The zero-order valence-corrected chi connectivity index (χ0v) is 18.2. The van der Waals surface area contributed by atoms with E-state index in [2.05, 4.69) is 10.6 Å². The summed E-state index contributed by atoms with van der Waals surface area (Å²) in [5, 5.41) is 5.82. The number of hydrogen-bond donors (Lipinski definition) is 2. The average Bonchev–Trinajstić information content (AvgIpc) is 2.76. The summed E-state index contributed by atoms with van der Waals surface area (Å²) in [6.45, 7) is 2.38. The highest BCUT2D eigenvalue weighted by Gasteiger charge is 2.32. The van der Waals surface area contributed by atoms with Crippen LogP contribution < -0.4 is 15.4 Å². The summed E-state index contributed by atoms with van der Waals surface area (Å²) in [4.78, 5) is 25.9. The molecular weight excluding hydrogens is 444 g/mol. The molecule has 1 fully saturated rings. The van der Waals surface area contributed by atoms with Crippen LogP contribution in [0.5, 0.6) is 5.75 Å². The number of para-hydroxylation sites is 1. The predicted molar refractivity (Wildman–Crippen MR) is 116 cm³/mol. The average molecular weight is 465 g/mol. The van der Waals surface area contributed by atoms with Crippen molar-refractivity contribution in [3.05, 3.63) is 47.5 Å². The second-order valence-corrected chi connectivity index (χ2v) is 9.55. The number of carbonyl (C=O) groups excluding carboxylic acids is 2. The number of sulfonamides is 1. The van der Waals surface area contributed by atoms with Gasteiger partial charge in [-0.2, -0.15) is 4.31 Å². The molecule has 2 heterocycles. The number of anilines is 2. The first kappa shape index (κ1) is 21.4. The van der Waals surface area contributed by atoms with Crippen LogP contribution in [-0.4, -0.2) is 61.8 Å². The van der Waals surface area contributed by atoms with Crippen LogP contribution in [0.3, 0.4) is 0 Å². The summed E-state index contributed by atoms with van der Waals surface area (Å²) in [5.74, 6) is 0.0901. The van der Waals surface area contributed by atoms with Gasteiger partial charge in [-0.25, -0.2) is 13.2 Å². The van der Waals surface area contributed by atoms with Crippen LogP contribution in [0.1, 0.15) is 6.92 Å². The lowest BCUT2D eigenvalue weighted by Gasteiger charge is -2.34. The Bertz CT molecular complexity index is 1130. The molecule has 2 N–H and O–H groups in total. The van der Waals surface area contributed by atoms with Crippen LogP contribution in [0.25, 0.3) is 0 Å². The molecule has 2 aromatic rings. The number of piperazine rings is 1. The fourth-order valence-corrected chi connectivity index (χ4v) is 5.02. The Hall–Kier alpha value is -2.82. The lowest BCUT2D eigenvalue weighted by Crippen LogP contribution is -2.51. The van der Waals surface area contributed by atoms with Crippen molar-refractivity contribution < 1.29 is 22.7 Å². The van der Waals surface area contributed by atoms with Crippen LogP contribution in [0.2, 0.25) is 5.02 Å². The van der Waals surface area contributed by atoms with E-state index < -0.39 is 16.1 Å². The van der Waals surface area contributed by atoms with Gasteiger partial charge >= 0.3 is 6.03 Å². The van der Waals surface area contributed by atoms with Crippen molar-refractivity contribution in [3.8, 4) is 5.75 Å². The Morgan fingerprint density at radius 2 is 1.87 bits per heavy atom. The van der Waals surface area contributed by atoms with Gasteiger partial charge in [-0.05, 0) is 37.3 Å². The zero-order valence-electron chi connectivity index (χ0n) is 16.7. The zero-order chi connectivity index (χ0) is 22.2. The number of benzene rings is 2. The summed E-state index contributed by atoms with van der Waals surface area (Å²) in [7, 11) is -3.79. The normalized spacial score (nSPS) is 19.2. The SMILES string of the molecule is C[C@@H]1Oc2ccc(S(=O)(=O)N3CCN(C(=O)Nc4ccccc4Cl)CC3)cc2NC1=O. The smallest absolute Gasteiger partial charge is 0.321 e. The van der Waals surface area contributed by atoms with Crippen LogP contribution in [-0.2, 0) is 14.8 Å². The second-order valence-electron chi connectivity index (χ2n) is 7.21. The molecule has 31 heavy (non-hydrogen) atoms. The van der Waals surface area contributed by atoms with Gasteiger partial charge in [0.25, 0.3) is 5.91 Å². The molecule has 0 aromatic heterocycles. The maximum Gasteiger partial charge on any atom is 0.321 e. The third-order valence-corrected chi connectivity index (χ3v) is 7.39. The van der Waals surface area contributed by atoms with Gasteiger partial charge in [-0.1, -0.05) is 23.7 Å². The highest BCUT2D eigenvalue weighted by atomic mass is 35.5. The first-order chi connectivity index (χ1) is 14.8. The van der Waals surface area contributed by atoms with E-state index in [9.17, 15) is 18.0 Å². The third kappa shape index (κ3) is 4.32. The molecule has 0 radical (unpaired) electrons. The molecule has 4 rings (SSSR count). The Morgan fingerprint density at radius 1 is 1.16 bits per heavy atom. The molecule has 9 nitrogen and oxygen atoms in total. The van der Waals surface area contributed by atoms with Gasteiger partial charge in [0.2, 0.25) is 10.0 Å². The van der Waals surface area contributed by atoms with Crippen molar-refractivity contribution in [2.45, 2.75) is 17.9 Å². The van der Waals surface area contributed by atoms with Crippen molar-refractivity contribution >= 4 is 44.9 Å². The monoisotopic (exact) mass is 464 g/mol. The van der Waals surface area contributed by atoms with Crippen LogP contribution in [0, 0.1) is 0 Å². The Labute approximate surface area is 185 Å². The maximum atomic E-state index is 13.1. The largest absolute Gasteiger partial charge is 0.479 e. The molecule has 1 atom stereocenters. The fraction of sp³-hybridized carbons (Fsp3) is 0.300. The molecule has 2 aliphatic heterocycles. The predicted octanol–water partition coefficient (Wildman–Crippen LogP) is 2.60. The topological polar surface area (TPSA) is 108 Å². The summed E-state index contributed by atoms with van der Waals surface area (Å²) in [6, 6.07) is 10.9. The van der Waals surface area contributed by atoms with Crippen LogP contribution >= 0.6 is 11.6 Å². The molecule has 2 aromatic carbocycles. The number of fused-ring (bicyclic) bond motifs is 1. The van der Waals surface area contributed by atoms with Crippen molar-refractivity contribution in [1.29, 1.82) is 0 Å². The number of halogens is 1. The number of nitrogens with zero attached hydrogens (tertiary/aromatic N) is 2. The standard InChI is InChI=1S/C20H21ClN4O5S/c1-13-19(26)22-17-12-14(6-7-18(17)30-13)31(28,29)25-10-8-24(9-11-25)20(27)23-16-5-3-2-4-15(16)21/h2-7,12-13H,8-11H2,1H3,(H,22,26)(H,23,27)/t13-/m0/s1. The summed E-state index contributed by atoms with van der Waals surface area (Å²) in [5.41, 5.74) is 0.818. The van der Waals surface area contributed by atoms with Gasteiger partial charge in [0.05, 0.1) is 21.3 Å². The number of urea groups is 1. The minimum absolute atomic E-state index is 0.0543. The highest BCUT2D eigenvalue weighted by molar-refractivity contribution is 7.89. The number of hydrogen-bond acceptors (Lipinski definition) is 5. The van der Waals surface area contributed by atoms with Gasteiger partial charge in [-0.15, -0.1) is 0 Å². The molecule has 0 aliphatic carbocycles. The van der Waals surface area contributed by atoms with E-state index in [-0.39, 0.29) is 43.0 Å². The molecule has 0 spiro atoms. The number of ether oxygens (including phenoxy) is 1. The number of rotatable bonds is 3. The first-order valence-electron chi connectivity index (χ1n) is 9.68. The van der Waals surface area contributed by atoms with Gasteiger partial charge in [-0.3, -0.25) is 4.79 Å². The minimum atomic E-state index is -3.79. The van der Waals surface area contributed by atoms with Gasteiger partial charge in [0.15, 0.2) is 6.10 Å². The Morgan fingerprint density at radius 3 is 2.58 bits per heavy atom. The van der Waals surface area contributed by atoms with Crippen molar-refractivity contribution in [2.24, 2.45) is 0 Å². The van der Waals surface area contributed by atoms with Gasteiger partial charge < -0.3 is 20.3 Å². The Kier molecular flexibility index (Phi) is 5.78. The maximum absolute atomic E-state index is 13.1. The summed E-state index contributed by atoms with van der Waals surface area (Å²) in [6.07, 6.45) is -0.639. The van der Waals surface area contributed by atoms with Gasteiger partial charge in [0.1, 0.15) is 5.75 Å². The van der Waals surface area contributed by atoms with E-state index >= 15 is 0 Å². The van der Waals surface area contributed by atoms with Crippen LogP contribution in [0.15, 0.2) is 47.4 Å². The number of nitrogens with one attached hydrogen (secondary N) is 2. The molecule has 164 valence electrons. The van der Waals surface area contributed by atoms with E-state index in [1.807, 2.05) is 0 Å². The van der Waals surface area contributed by atoms with Gasteiger partial charge in [0, 0.05) is 26.2 Å². The summed E-state index contributed by atoms with van der Waals surface area (Å²) >= 11 is 6.07. The summed E-state index contributed by atoms with van der Waals surface area (Å²) < 4.78 is 32.9. The van der Waals surface area contributed by atoms with Crippen molar-refractivity contribution in [1.82, 2.24) is 9.21 Å². The quantitative estimate of drug-likeness (QED) is 0.725. The molecule has 1 saturated heterocycles. The first-order valence-corrected chi connectivity index (χ1v) is 11.5. The second kappa shape index (κ2) is 8.37. The number of amides is 3. The molecule has 0 saturated carbocycles. The molecule has 0 unspecified atom stereocenters. The minimum Gasteiger partial charge on any atom is -0.479 e. The molecule has 3 amide bonds. The van der Waals surface area contributed by atoms with E-state index in [1.54, 1.807) is 31.2 Å². The van der Waals surface area contributed by atoms with E-state index in [4.69, 9.17) is 16.3 Å².